The van der Waals surface area contributed by atoms with E-state index in [0.29, 0.717) is 18.1 Å². The molecule has 120 valence electrons. The molecule has 1 rings (SSSR count). The van der Waals surface area contributed by atoms with Crippen LogP contribution in [0.25, 0.3) is 0 Å². The molecule has 0 heterocycles. The van der Waals surface area contributed by atoms with Gasteiger partial charge in [-0.2, -0.15) is 0 Å². The summed E-state index contributed by atoms with van der Waals surface area (Å²) >= 11 is 0. The number of nitrogens with zero attached hydrogens (tertiary/aromatic N) is 1. The van der Waals surface area contributed by atoms with Crippen LogP contribution in [0.3, 0.4) is 0 Å². The highest BCUT2D eigenvalue weighted by molar-refractivity contribution is 5.96. The average molecular weight is 305 g/mol. The standard InChI is InChI=1S/C15H23N5O2/c1-3-10(2)20-15(17)19-8-11-4-6-12(7-5-11)14(22)18-9-13(16)21/h4-7,10H,3,8-9H2,1-2H3,(H2,16,21)(H,18,22)(H3,17,19,20). The number of nitrogens with one attached hydrogen (secondary N) is 2. The third-order valence-corrected chi connectivity index (χ3v) is 3.08. The Morgan fingerprint density at radius 3 is 2.41 bits per heavy atom. The summed E-state index contributed by atoms with van der Waals surface area (Å²) in [6.07, 6.45) is 0.964. The van der Waals surface area contributed by atoms with Crippen LogP contribution < -0.4 is 22.1 Å². The maximum Gasteiger partial charge on any atom is 0.251 e. The molecule has 6 N–H and O–H groups in total. The molecule has 1 atom stereocenters. The van der Waals surface area contributed by atoms with Crippen LogP contribution in [-0.2, 0) is 11.3 Å². The topological polar surface area (TPSA) is 123 Å². The maximum absolute atomic E-state index is 11.7. The highest BCUT2D eigenvalue weighted by Gasteiger charge is 2.06. The molecule has 0 spiro atoms. The fourth-order valence-electron chi connectivity index (χ4n) is 1.61. The Morgan fingerprint density at radius 1 is 1.23 bits per heavy atom. The van der Waals surface area contributed by atoms with Crippen molar-refractivity contribution in [1.29, 1.82) is 0 Å². The Labute approximate surface area is 130 Å². The lowest BCUT2D eigenvalue weighted by atomic mass is 10.1. The van der Waals surface area contributed by atoms with E-state index >= 15 is 0 Å². The molecule has 2 amide bonds. The number of carbonyl (C=O) groups excluding carboxylic acids is 2. The van der Waals surface area contributed by atoms with E-state index in [2.05, 4.69) is 22.5 Å². The first kappa shape index (κ1) is 17.5. The third kappa shape index (κ3) is 6.25. The van der Waals surface area contributed by atoms with Gasteiger partial charge in [-0.25, -0.2) is 4.99 Å². The van der Waals surface area contributed by atoms with Gasteiger partial charge in [0.05, 0.1) is 13.1 Å². The van der Waals surface area contributed by atoms with Crippen molar-refractivity contribution in [3.63, 3.8) is 0 Å². The second kappa shape index (κ2) is 8.66. The minimum Gasteiger partial charge on any atom is -0.370 e. The molecule has 1 unspecified atom stereocenters. The minimum absolute atomic E-state index is 0.178. The Kier molecular flexibility index (Phi) is 6.88. The fraction of sp³-hybridized carbons (Fsp3) is 0.400. The van der Waals surface area contributed by atoms with Crippen LogP contribution in [0.2, 0.25) is 0 Å². The van der Waals surface area contributed by atoms with Gasteiger partial charge in [-0.1, -0.05) is 19.1 Å². The Balaban J connectivity index is 2.56. The third-order valence-electron chi connectivity index (χ3n) is 3.08. The number of rotatable bonds is 7. The Hall–Kier alpha value is -2.57. The quantitative estimate of drug-likeness (QED) is 0.421. The van der Waals surface area contributed by atoms with Gasteiger partial charge >= 0.3 is 0 Å². The predicted octanol–water partition coefficient (Wildman–Crippen LogP) is 0.105. The molecule has 0 fully saturated rings. The number of carbonyl (C=O) groups is 2. The first-order valence-electron chi connectivity index (χ1n) is 7.14. The van der Waals surface area contributed by atoms with Gasteiger partial charge in [0.25, 0.3) is 5.91 Å². The van der Waals surface area contributed by atoms with Gasteiger partial charge in [-0.15, -0.1) is 0 Å². The van der Waals surface area contributed by atoms with Gasteiger partial charge in [0.15, 0.2) is 5.96 Å². The zero-order valence-corrected chi connectivity index (χ0v) is 12.9. The summed E-state index contributed by atoms with van der Waals surface area (Å²) in [5.74, 6) is -0.520. The van der Waals surface area contributed by atoms with E-state index in [-0.39, 0.29) is 18.5 Å². The normalized spacial score (nSPS) is 12.5. The lowest BCUT2D eigenvalue weighted by Gasteiger charge is -2.11. The zero-order valence-electron chi connectivity index (χ0n) is 12.9. The van der Waals surface area contributed by atoms with Crippen LogP contribution in [0.5, 0.6) is 0 Å². The van der Waals surface area contributed by atoms with Crippen molar-refractivity contribution >= 4 is 17.8 Å². The molecule has 0 aliphatic carbocycles. The molecule has 0 saturated heterocycles. The molecular formula is C15H23N5O2. The SMILES string of the molecule is CCC(C)NC(N)=NCc1ccc(C(=O)NCC(N)=O)cc1. The molecule has 0 radical (unpaired) electrons. The van der Waals surface area contributed by atoms with Gasteiger partial charge in [-0.05, 0) is 31.0 Å². The number of nitrogens with two attached hydrogens (primary N) is 2. The monoisotopic (exact) mass is 305 g/mol. The number of primary amides is 1. The highest BCUT2D eigenvalue weighted by atomic mass is 16.2. The van der Waals surface area contributed by atoms with Crippen molar-refractivity contribution < 1.29 is 9.59 Å². The van der Waals surface area contributed by atoms with Gasteiger partial charge in [0, 0.05) is 11.6 Å². The van der Waals surface area contributed by atoms with Crippen LogP contribution >= 0.6 is 0 Å². The summed E-state index contributed by atoms with van der Waals surface area (Å²) in [7, 11) is 0. The first-order valence-corrected chi connectivity index (χ1v) is 7.14. The fourth-order valence-corrected chi connectivity index (χ4v) is 1.61. The van der Waals surface area contributed by atoms with Crippen LogP contribution in [0.1, 0.15) is 36.2 Å². The van der Waals surface area contributed by atoms with Crippen molar-refractivity contribution in [3.8, 4) is 0 Å². The van der Waals surface area contributed by atoms with Crippen molar-refractivity contribution in [1.82, 2.24) is 10.6 Å². The van der Waals surface area contributed by atoms with E-state index < -0.39 is 5.91 Å². The molecular weight excluding hydrogens is 282 g/mol. The number of guanidine groups is 1. The molecule has 0 aliphatic rings. The van der Waals surface area contributed by atoms with Crippen molar-refractivity contribution in [2.24, 2.45) is 16.5 Å². The van der Waals surface area contributed by atoms with Gasteiger partial charge in [0.2, 0.25) is 5.91 Å². The van der Waals surface area contributed by atoms with Gasteiger partial charge in [-0.3, -0.25) is 9.59 Å². The number of aliphatic imine (C=N–C) groups is 1. The molecule has 0 aromatic heterocycles. The number of amides is 2. The second-order valence-corrected chi connectivity index (χ2v) is 5.00. The van der Waals surface area contributed by atoms with Gasteiger partial charge < -0.3 is 22.1 Å². The molecule has 0 saturated carbocycles. The summed E-state index contributed by atoms with van der Waals surface area (Å²) in [6.45, 7) is 4.34. The first-order chi connectivity index (χ1) is 10.4. The largest absolute Gasteiger partial charge is 0.370 e. The minimum atomic E-state index is -0.580. The van der Waals surface area contributed by atoms with Crippen LogP contribution in [0, 0.1) is 0 Å². The Bertz CT molecular complexity index is 539. The summed E-state index contributed by atoms with van der Waals surface area (Å²) in [6, 6.07) is 7.19. The molecule has 0 bridgehead atoms. The van der Waals surface area contributed by atoms with Crippen molar-refractivity contribution in [2.75, 3.05) is 6.54 Å². The summed E-state index contributed by atoms with van der Waals surface area (Å²) in [4.78, 5) is 26.6. The van der Waals surface area contributed by atoms with E-state index in [1.165, 1.54) is 0 Å². The smallest absolute Gasteiger partial charge is 0.251 e. The van der Waals surface area contributed by atoms with Crippen molar-refractivity contribution in [3.05, 3.63) is 35.4 Å². The average Bonchev–Trinajstić information content (AvgIpc) is 2.50. The molecule has 0 aliphatic heterocycles. The number of hydrogen-bond donors (Lipinski definition) is 4. The predicted molar refractivity (Wildman–Crippen MR) is 86.2 cm³/mol. The van der Waals surface area contributed by atoms with E-state index in [1.807, 2.05) is 6.92 Å². The van der Waals surface area contributed by atoms with Crippen molar-refractivity contribution in [2.45, 2.75) is 32.9 Å². The molecule has 22 heavy (non-hydrogen) atoms. The highest BCUT2D eigenvalue weighted by Crippen LogP contribution is 2.05. The molecule has 7 heteroatoms. The van der Waals surface area contributed by atoms with Crippen LogP contribution in [0.15, 0.2) is 29.3 Å². The summed E-state index contributed by atoms with van der Waals surface area (Å²) in [5, 5.41) is 5.50. The van der Waals surface area contributed by atoms with E-state index in [1.54, 1.807) is 24.3 Å². The number of benzene rings is 1. The van der Waals surface area contributed by atoms with Crippen LogP contribution in [-0.4, -0.2) is 30.4 Å². The second-order valence-electron chi connectivity index (χ2n) is 5.00. The van der Waals surface area contributed by atoms with Crippen LogP contribution in [0.4, 0.5) is 0 Å². The van der Waals surface area contributed by atoms with E-state index in [0.717, 1.165) is 12.0 Å². The zero-order chi connectivity index (χ0) is 16.5. The number of hydrogen-bond acceptors (Lipinski definition) is 3. The molecule has 1 aromatic rings. The maximum atomic E-state index is 11.7. The molecule has 1 aromatic carbocycles. The lowest BCUT2D eigenvalue weighted by Crippen LogP contribution is -2.38. The lowest BCUT2D eigenvalue weighted by molar-refractivity contribution is -0.117. The summed E-state index contributed by atoms with van der Waals surface area (Å²) < 4.78 is 0. The summed E-state index contributed by atoms with van der Waals surface area (Å²) in [5.41, 5.74) is 12.1. The van der Waals surface area contributed by atoms with E-state index in [9.17, 15) is 9.59 Å². The Morgan fingerprint density at radius 2 is 1.86 bits per heavy atom. The van der Waals surface area contributed by atoms with E-state index in [4.69, 9.17) is 11.5 Å². The van der Waals surface area contributed by atoms with Gasteiger partial charge in [0.1, 0.15) is 0 Å². The molecule has 7 nitrogen and oxygen atoms in total.